The van der Waals surface area contributed by atoms with E-state index in [1.807, 2.05) is 0 Å². The minimum Gasteiger partial charge on any atom is -0.415 e. The molecule has 0 spiro atoms. The van der Waals surface area contributed by atoms with Crippen LogP contribution < -0.4 is 11.5 Å². The van der Waals surface area contributed by atoms with Gasteiger partial charge in [0.15, 0.2) is 0 Å². The molecule has 0 aliphatic heterocycles. The van der Waals surface area contributed by atoms with Crippen LogP contribution in [-0.2, 0) is 25.3 Å². The molecule has 0 saturated heterocycles. The number of hydrogen-bond donors (Lipinski definition) is 2. The molecule has 13 heavy (non-hydrogen) atoms. The summed E-state index contributed by atoms with van der Waals surface area (Å²) >= 11 is 16.7. The van der Waals surface area contributed by atoms with Gasteiger partial charge >= 0.3 is 43.9 Å². The molecule has 0 bridgehead atoms. The van der Waals surface area contributed by atoms with Crippen molar-refractivity contribution in [3.63, 3.8) is 0 Å². The molecule has 0 amide bonds. The minimum atomic E-state index is 0.0833. The molecule has 0 aliphatic rings. The molecule has 0 heterocycles. The Labute approximate surface area is 113 Å². The first kappa shape index (κ1) is 19.6. The second kappa shape index (κ2) is 18.7. The number of thiocarbonyl (C=S) groups is 2. The van der Waals surface area contributed by atoms with Gasteiger partial charge in [-0.3, -0.25) is 0 Å². The molecule has 4 N–H and O–H groups in total. The van der Waals surface area contributed by atoms with Crippen LogP contribution in [0.5, 0.6) is 0 Å². The molecule has 0 aliphatic carbocycles. The summed E-state index contributed by atoms with van der Waals surface area (Å²) in [6.07, 6.45) is 0. The summed E-state index contributed by atoms with van der Waals surface area (Å²) in [6, 6.07) is 0. The van der Waals surface area contributed by atoms with Gasteiger partial charge in [0.1, 0.15) is 0 Å². The second-order valence-corrected chi connectivity index (χ2v) is 9.33. The summed E-state index contributed by atoms with van der Waals surface area (Å²) < 4.78 is 3.19. The average molecular weight is 361 g/mol. The van der Waals surface area contributed by atoms with Crippen molar-refractivity contribution in [3.05, 3.63) is 0 Å². The Hall–Kier alpha value is 1.02. The van der Waals surface area contributed by atoms with Gasteiger partial charge in [0.25, 0.3) is 0 Å². The van der Waals surface area contributed by atoms with E-state index >= 15 is 0 Å². The van der Waals surface area contributed by atoms with Gasteiger partial charge < -0.3 is 61.2 Å². The quantitative estimate of drug-likeness (QED) is 0.437. The maximum absolute atomic E-state index is 4.66. The van der Waals surface area contributed by atoms with Gasteiger partial charge in [-0.1, -0.05) is 8.64 Å². The Kier molecular flexibility index (Phi) is 28.2. The molecule has 0 rings (SSSR count). The molecule has 7 heteroatoms. The Morgan fingerprint density at radius 2 is 1.23 bits per heavy atom. The van der Waals surface area contributed by atoms with Crippen LogP contribution in [0.15, 0.2) is 0 Å². The van der Waals surface area contributed by atoms with Crippen molar-refractivity contribution in [2.24, 2.45) is 11.5 Å². The van der Waals surface area contributed by atoms with Gasteiger partial charge in [-0.05, 0) is 0 Å². The molecular weight excluding hydrogens is 347 g/mol. The minimum absolute atomic E-state index is 0.0833. The third kappa shape index (κ3) is 173. The largest absolute Gasteiger partial charge is 0.415 e. The summed E-state index contributed by atoms with van der Waals surface area (Å²) in [7, 11) is 0. The maximum Gasteiger partial charge on any atom is -0.0708 e. The molecule has 0 aromatic rings. The smallest absolute Gasteiger partial charge is 0.0708 e. The van der Waals surface area contributed by atoms with Crippen LogP contribution in [0.3, 0.4) is 0 Å². The van der Waals surface area contributed by atoms with E-state index in [9.17, 15) is 0 Å². The predicted molar refractivity (Wildman–Crippen MR) is 75.0 cm³/mol. The third-order valence-corrected chi connectivity index (χ3v) is 3.35. The van der Waals surface area contributed by atoms with E-state index in [1.54, 1.807) is 0 Å². The Morgan fingerprint density at radius 1 is 1.08 bits per heavy atom. The number of nitrogens with two attached hydrogens (primary N) is 2. The molecule has 0 fully saturated rings. The van der Waals surface area contributed by atoms with Crippen LogP contribution >= 0.6 is 24.4 Å². The zero-order valence-corrected chi connectivity index (χ0v) is 13.8. The first-order chi connectivity index (χ1) is 5.88. The summed E-state index contributed by atoms with van der Waals surface area (Å²) in [6.45, 7) is 4.57. The monoisotopic (exact) mass is 362 g/mol. The fraction of sp³-hybridized carbons (Fsp3) is 0.667. The molecule has 0 atom stereocenters. The topological polar surface area (TPSA) is 52.0 Å². The molecule has 0 unspecified atom stereocenters. The predicted octanol–water partition coefficient (Wildman–Crippen LogP) is 1.12. The van der Waals surface area contributed by atoms with Gasteiger partial charge in [0.2, 0.25) is 0 Å². The van der Waals surface area contributed by atoms with Crippen LogP contribution in [-0.4, -0.2) is 29.8 Å². The Balaban J connectivity index is -0.000000117. The van der Waals surface area contributed by atoms with Crippen LogP contribution in [0, 0.1) is 0 Å². The SMILES string of the molecule is C[CH2][Sn+2][CH2]C.NC(=S)[S-].NC(=S)[S-]. The summed E-state index contributed by atoms with van der Waals surface area (Å²) in [4.78, 5) is 0. The van der Waals surface area contributed by atoms with Crippen molar-refractivity contribution in [3.8, 4) is 0 Å². The van der Waals surface area contributed by atoms with E-state index in [0.717, 1.165) is 0 Å². The van der Waals surface area contributed by atoms with Crippen molar-refractivity contribution in [1.29, 1.82) is 0 Å². The van der Waals surface area contributed by atoms with Gasteiger partial charge in [-0.2, -0.15) is 0 Å². The van der Waals surface area contributed by atoms with Crippen molar-refractivity contribution in [1.82, 2.24) is 0 Å². The Bertz CT molecular complexity index is 110. The maximum atomic E-state index is 4.66. The van der Waals surface area contributed by atoms with E-state index in [1.165, 1.54) is 8.87 Å². The van der Waals surface area contributed by atoms with E-state index < -0.39 is 0 Å². The molecule has 0 saturated carbocycles. The first-order valence-electron chi connectivity index (χ1n) is 3.52. The molecule has 0 radical (unpaired) electrons. The second-order valence-electron chi connectivity index (χ2n) is 1.60. The van der Waals surface area contributed by atoms with E-state index in [2.05, 4.69) is 75.0 Å². The fourth-order valence-electron chi connectivity index (χ4n) is 0.250. The first-order valence-corrected chi connectivity index (χ1v) is 9.18. The van der Waals surface area contributed by atoms with Crippen LogP contribution in [0.4, 0.5) is 0 Å². The molecule has 0 aromatic heterocycles. The molecule has 76 valence electrons. The van der Waals surface area contributed by atoms with E-state index in [4.69, 9.17) is 0 Å². The zero-order chi connectivity index (χ0) is 11.3. The fourth-order valence-corrected chi connectivity index (χ4v) is 1.68. The normalized spacial score (nSPS) is 6.31. The molecular formula is C6H14N2S4Sn. The van der Waals surface area contributed by atoms with Crippen LogP contribution in [0.25, 0.3) is 0 Å². The number of rotatable bonds is 2. The van der Waals surface area contributed by atoms with Crippen LogP contribution in [0.1, 0.15) is 13.8 Å². The standard InChI is InChI=1S/2C2H5.2CH3NS2.Sn/c2*1-2;2*2-1(3)4;/h2*1H2,2H3;2*(H3,2,3,4);/q;;;;+2/p-2. The van der Waals surface area contributed by atoms with Crippen molar-refractivity contribution >= 4 is 79.5 Å². The van der Waals surface area contributed by atoms with Gasteiger partial charge in [-0.15, -0.1) is 0 Å². The average Bonchev–Trinajstić information content (AvgIpc) is 1.86. The van der Waals surface area contributed by atoms with Crippen molar-refractivity contribution in [2.75, 3.05) is 0 Å². The number of hydrogen-bond acceptors (Lipinski definition) is 4. The third-order valence-electron chi connectivity index (χ3n) is 0.500. The van der Waals surface area contributed by atoms with Crippen LogP contribution in [0.2, 0.25) is 8.87 Å². The molecule has 0 aromatic carbocycles. The van der Waals surface area contributed by atoms with Crippen molar-refractivity contribution in [2.45, 2.75) is 22.7 Å². The Morgan fingerprint density at radius 3 is 1.23 bits per heavy atom. The summed E-state index contributed by atoms with van der Waals surface area (Å²) in [5.41, 5.74) is 9.31. The van der Waals surface area contributed by atoms with Gasteiger partial charge in [-0.25, -0.2) is 0 Å². The van der Waals surface area contributed by atoms with Crippen molar-refractivity contribution < 1.29 is 0 Å². The summed E-state index contributed by atoms with van der Waals surface area (Å²) in [5, 5.41) is 0. The van der Waals surface area contributed by atoms with Gasteiger partial charge in [0.05, 0.1) is 0 Å². The summed E-state index contributed by atoms with van der Waals surface area (Å²) in [5.74, 6) is 0. The van der Waals surface area contributed by atoms with E-state index in [0.29, 0.717) is 0 Å². The van der Waals surface area contributed by atoms with Gasteiger partial charge in [0, 0.05) is 0 Å². The zero-order valence-electron chi connectivity index (χ0n) is 7.70. The van der Waals surface area contributed by atoms with E-state index in [-0.39, 0.29) is 29.8 Å². The molecule has 2 nitrogen and oxygen atoms in total.